The molecule has 0 atom stereocenters. The molecule has 0 aromatic heterocycles. The van der Waals surface area contributed by atoms with E-state index in [1.54, 1.807) is 0 Å². The Hall–Kier alpha value is -1.55. The van der Waals surface area contributed by atoms with Crippen molar-refractivity contribution in [3.05, 3.63) is 29.3 Å². The Morgan fingerprint density at radius 2 is 2.11 bits per heavy atom. The van der Waals surface area contributed by atoms with Gasteiger partial charge >= 0.3 is 0 Å². The SMILES string of the molecule is CCCCN(CC(N)=O)c1ccc(C)cc1CN. The van der Waals surface area contributed by atoms with E-state index >= 15 is 0 Å². The van der Waals surface area contributed by atoms with Gasteiger partial charge in [-0.2, -0.15) is 0 Å². The number of nitrogens with zero attached hydrogens (tertiary/aromatic N) is 1. The number of rotatable bonds is 7. The van der Waals surface area contributed by atoms with Gasteiger partial charge in [-0.1, -0.05) is 31.0 Å². The van der Waals surface area contributed by atoms with Crippen LogP contribution in [0.15, 0.2) is 18.2 Å². The Labute approximate surface area is 109 Å². The summed E-state index contributed by atoms with van der Waals surface area (Å²) in [6.07, 6.45) is 2.12. The predicted octanol–water partition coefficient (Wildman–Crippen LogP) is 1.55. The van der Waals surface area contributed by atoms with E-state index in [4.69, 9.17) is 11.5 Å². The van der Waals surface area contributed by atoms with E-state index in [0.717, 1.165) is 30.6 Å². The molecular weight excluding hydrogens is 226 g/mol. The standard InChI is InChI=1S/C14H23N3O/c1-3-4-7-17(10-14(16)18)13-6-5-11(2)8-12(13)9-15/h5-6,8H,3-4,7,9-10,15H2,1-2H3,(H2,16,18). The van der Waals surface area contributed by atoms with E-state index in [9.17, 15) is 4.79 Å². The summed E-state index contributed by atoms with van der Waals surface area (Å²) in [4.78, 5) is 13.2. The number of amides is 1. The van der Waals surface area contributed by atoms with Crippen LogP contribution >= 0.6 is 0 Å². The van der Waals surface area contributed by atoms with Crippen LogP contribution in [0.1, 0.15) is 30.9 Å². The summed E-state index contributed by atoms with van der Waals surface area (Å²) in [5.41, 5.74) is 14.3. The van der Waals surface area contributed by atoms with Crippen LogP contribution in [0.2, 0.25) is 0 Å². The first kappa shape index (κ1) is 14.5. The van der Waals surface area contributed by atoms with E-state index in [1.165, 1.54) is 5.56 Å². The minimum Gasteiger partial charge on any atom is -0.368 e. The number of hydrogen-bond acceptors (Lipinski definition) is 3. The van der Waals surface area contributed by atoms with Crippen LogP contribution in [0.4, 0.5) is 5.69 Å². The second-order valence-electron chi connectivity index (χ2n) is 4.58. The molecule has 0 spiro atoms. The number of benzene rings is 1. The quantitative estimate of drug-likeness (QED) is 0.770. The molecule has 4 N–H and O–H groups in total. The van der Waals surface area contributed by atoms with Gasteiger partial charge in [0.25, 0.3) is 0 Å². The highest BCUT2D eigenvalue weighted by Crippen LogP contribution is 2.22. The molecule has 0 saturated heterocycles. The van der Waals surface area contributed by atoms with Crippen LogP contribution in [0.5, 0.6) is 0 Å². The third-order valence-electron chi connectivity index (χ3n) is 2.92. The van der Waals surface area contributed by atoms with Crippen LogP contribution in [-0.2, 0) is 11.3 Å². The molecule has 0 fully saturated rings. The minimum absolute atomic E-state index is 0.246. The van der Waals surface area contributed by atoms with E-state index in [-0.39, 0.29) is 12.5 Å². The maximum atomic E-state index is 11.2. The van der Waals surface area contributed by atoms with Gasteiger partial charge in [-0.15, -0.1) is 0 Å². The van der Waals surface area contributed by atoms with Gasteiger partial charge in [0.05, 0.1) is 6.54 Å². The molecule has 0 unspecified atom stereocenters. The molecule has 1 rings (SSSR count). The summed E-state index contributed by atoms with van der Waals surface area (Å²) < 4.78 is 0. The summed E-state index contributed by atoms with van der Waals surface area (Å²) >= 11 is 0. The number of primary amides is 1. The fourth-order valence-corrected chi connectivity index (χ4v) is 2.01. The Kier molecular flexibility index (Phi) is 5.65. The molecule has 0 aliphatic rings. The summed E-state index contributed by atoms with van der Waals surface area (Å²) in [5, 5.41) is 0. The van der Waals surface area contributed by atoms with Crippen molar-refractivity contribution in [1.29, 1.82) is 0 Å². The van der Waals surface area contributed by atoms with Gasteiger partial charge in [0.15, 0.2) is 0 Å². The summed E-state index contributed by atoms with van der Waals surface area (Å²) in [7, 11) is 0. The van der Waals surface area contributed by atoms with Crippen molar-refractivity contribution in [2.45, 2.75) is 33.2 Å². The molecule has 0 radical (unpaired) electrons. The van der Waals surface area contributed by atoms with Crippen molar-refractivity contribution in [2.75, 3.05) is 18.0 Å². The maximum absolute atomic E-state index is 11.2. The Balaban J connectivity index is 2.98. The van der Waals surface area contributed by atoms with Gasteiger partial charge in [0, 0.05) is 18.8 Å². The minimum atomic E-state index is -0.311. The molecule has 1 aromatic rings. The number of carbonyl (C=O) groups excluding carboxylic acids is 1. The fourth-order valence-electron chi connectivity index (χ4n) is 2.01. The second-order valence-corrected chi connectivity index (χ2v) is 4.58. The van der Waals surface area contributed by atoms with Crippen molar-refractivity contribution in [3.63, 3.8) is 0 Å². The molecule has 18 heavy (non-hydrogen) atoms. The highest BCUT2D eigenvalue weighted by molar-refractivity contribution is 5.80. The van der Waals surface area contributed by atoms with Crippen molar-refractivity contribution in [1.82, 2.24) is 0 Å². The first-order chi connectivity index (χ1) is 8.58. The van der Waals surface area contributed by atoms with Crippen molar-refractivity contribution in [2.24, 2.45) is 11.5 Å². The number of unbranched alkanes of at least 4 members (excludes halogenated alkanes) is 1. The molecule has 4 nitrogen and oxygen atoms in total. The molecule has 0 aliphatic carbocycles. The van der Waals surface area contributed by atoms with Crippen molar-refractivity contribution < 1.29 is 4.79 Å². The zero-order valence-corrected chi connectivity index (χ0v) is 11.3. The van der Waals surface area contributed by atoms with Crippen molar-refractivity contribution in [3.8, 4) is 0 Å². The monoisotopic (exact) mass is 249 g/mol. The predicted molar refractivity (Wildman–Crippen MR) is 75.4 cm³/mol. The molecule has 1 amide bonds. The number of carbonyl (C=O) groups is 1. The lowest BCUT2D eigenvalue weighted by molar-refractivity contribution is -0.116. The molecule has 1 aromatic carbocycles. The third-order valence-corrected chi connectivity index (χ3v) is 2.92. The number of anilines is 1. The van der Waals surface area contributed by atoms with E-state index < -0.39 is 0 Å². The molecule has 0 saturated carbocycles. The molecule has 100 valence electrons. The maximum Gasteiger partial charge on any atom is 0.236 e. The molecule has 0 bridgehead atoms. The second kappa shape index (κ2) is 7.01. The van der Waals surface area contributed by atoms with Gasteiger partial charge in [-0.25, -0.2) is 0 Å². The highest BCUT2D eigenvalue weighted by atomic mass is 16.1. The van der Waals surface area contributed by atoms with Crippen LogP contribution in [-0.4, -0.2) is 19.0 Å². The number of hydrogen-bond donors (Lipinski definition) is 2. The first-order valence-electron chi connectivity index (χ1n) is 6.41. The molecule has 0 heterocycles. The van der Waals surface area contributed by atoms with Gasteiger partial charge in [-0.3, -0.25) is 4.79 Å². The van der Waals surface area contributed by atoms with E-state index in [2.05, 4.69) is 13.0 Å². The van der Waals surface area contributed by atoms with Crippen LogP contribution in [0.3, 0.4) is 0 Å². The zero-order valence-electron chi connectivity index (χ0n) is 11.3. The van der Waals surface area contributed by atoms with Gasteiger partial charge < -0.3 is 16.4 Å². The fraction of sp³-hybridized carbons (Fsp3) is 0.500. The highest BCUT2D eigenvalue weighted by Gasteiger charge is 2.12. The smallest absolute Gasteiger partial charge is 0.236 e. The molecule has 0 aliphatic heterocycles. The van der Waals surface area contributed by atoms with Gasteiger partial charge in [0.1, 0.15) is 0 Å². The van der Waals surface area contributed by atoms with E-state index in [1.807, 2.05) is 24.0 Å². The van der Waals surface area contributed by atoms with Gasteiger partial charge in [-0.05, 0) is 25.0 Å². The topological polar surface area (TPSA) is 72.3 Å². The number of nitrogens with two attached hydrogens (primary N) is 2. The lowest BCUT2D eigenvalue weighted by Crippen LogP contribution is -2.35. The third kappa shape index (κ3) is 4.04. The van der Waals surface area contributed by atoms with Crippen LogP contribution in [0.25, 0.3) is 0 Å². The molecule has 4 heteroatoms. The molecular formula is C14H23N3O. The first-order valence-corrected chi connectivity index (χ1v) is 6.41. The zero-order chi connectivity index (χ0) is 13.5. The lowest BCUT2D eigenvalue weighted by Gasteiger charge is -2.25. The average Bonchev–Trinajstić information content (AvgIpc) is 2.34. The summed E-state index contributed by atoms with van der Waals surface area (Å²) in [6.45, 7) is 5.71. The Morgan fingerprint density at radius 1 is 1.39 bits per heavy atom. The Morgan fingerprint density at radius 3 is 2.67 bits per heavy atom. The van der Waals surface area contributed by atoms with Crippen LogP contribution in [0, 0.1) is 6.92 Å². The summed E-state index contributed by atoms with van der Waals surface area (Å²) in [5.74, 6) is -0.311. The number of aryl methyl sites for hydroxylation is 1. The normalized spacial score (nSPS) is 10.4. The Bertz CT molecular complexity index is 404. The van der Waals surface area contributed by atoms with Crippen LogP contribution < -0.4 is 16.4 Å². The summed E-state index contributed by atoms with van der Waals surface area (Å²) in [6, 6.07) is 6.12. The lowest BCUT2D eigenvalue weighted by atomic mass is 10.1. The average molecular weight is 249 g/mol. The van der Waals surface area contributed by atoms with E-state index in [0.29, 0.717) is 6.54 Å². The van der Waals surface area contributed by atoms with Gasteiger partial charge in [0.2, 0.25) is 5.91 Å². The largest absolute Gasteiger partial charge is 0.368 e. The van der Waals surface area contributed by atoms with Crippen molar-refractivity contribution >= 4 is 11.6 Å².